The molecule has 0 spiro atoms. The first-order valence-corrected chi connectivity index (χ1v) is 5.09. The van der Waals surface area contributed by atoms with Crippen molar-refractivity contribution in [3.8, 4) is 0 Å². The Morgan fingerprint density at radius 1 is 1.64 bits per heavy atom. The van der Waals surface area contributed by atoms with Crippen molar-refractivity contribution >= 4 is 0 Å². The van der Waals surface area contributed by atoms with Crippen LogP contribution in [0.5, 0.6) is 0 Å². The highest BCUT2D eigenvalue weighted by Gasteiger charge is 2.06. The molecule has 1 aromatic heterocycles. The van der Waals surface area contributed by atoms with Crippen molar-refractivity contribution < 1.29 is 0 Å². The van der Waals surface area contributed by atoms with Crippen molar-refractivity contribution in [1.29, 1.82) is 0 Å². The molecule has 4 nitrogen and oxygen atoms in total. The Hall–Kier alpha value is -0.870. The number of imidazole rings is 1. The number of likely N-dealkylation sites (N-methyl/N-ethyl adjacent to an activating group) is 1. The van der Waals surface area contributed by atoms with Crippen molar-refractivity contribution in [2.24, 2.45) is 5.73 Å². The van der Waals surface area contributed by atoms with Gasteiger partial charge in [-0.25, -0.2) is 4.98 Å². The molecule has 0 saturated heterocycles. The van der Waals surface area contributed by atoms with Crippen molar-refractivity contribution in [2.45, 2.75) is 26.4 Å². The van der Waals surface area contributed by atoms with Gasteiger partial charge in [0.1, 0.15) is 0 Å². The summed E-state index contributed by atoms with van der Waals surface area (Å²) < 4.78 is 2.12. The van der Waals surface area contributed by atoms with Gasteiger partial charge in [0.05, 0.1) is 12.0 Å². The average molecular weight is 196 g/mol. The molecular formula is C10H20N4. The Balaban J connectivity index is 2.54. The lowest BCUT2D eigenvalue weighted by atomic mass is 10.3. The molecule has 0 unspecified atom stereocenters. The highest BCUT2D eigenvalue weighted by atomic mass is 15.1. The van der Waals surface area contributed by atoms with Gasteiger partial charge in [-0.3, -0.25) is 0 Å². The minimum atomic E-state index is 0.0597. The third-order valence-corrected chi connectivity index (χ3v) is 2.47. The van der Waals surface area contributed by atoms with Crippen LogP contribution < -0.4 is 5.73 Å². The van der Waals surface area contributed by atoms with Gasteiger partial charge in [0.2, 0.25) is 0 Å². The van der Waals surface area contributed by atoms with E-state index < -0.39 is 0 Å². The molecule has 0 aromatic carbocycles. The third-order valence-electron chi connectivity index (χ3n) is 2.47. The summed E-state index contributed by atoms with van der Waals surface area (Å²) >= 11 is 0. The molecule has 0 radical (unpaired) electrons. The van der Waals surface area contributed by atoms with E-state index in [-0.39, 0.29) is 6.04 Å². The molecule has 0 aliphatic heterocycles. The first kappa shape index (κ1) is 11.2. The summed E-state index contributed by atoms with van der Waals surface area (Å²) in [6.07, 6.45) is 3.69. The molecule has 1 atom stereocenters. The zero-order valence-electron chi connectivity index (χ0n) is 9.27. The highest BCUT2D eigenvalue weighted by molar-refractivity contribution is 5.02. The zero-order valence-corrected chi connectivity index (χ0v) is 9.27. The van der Waals surface area contributed by atoms with Crippen LogP contribution in [0.1, 0.15) is 25.6 Å². The first-order valence-electron chi connectivity index (χ1n) is 5.09. The highest BCUT2D eigenvalue weighted by Crippen LogP contribution is 2.08. The maximum Gasteiger partial charge on any atom is 0.0949 e. The standard InChI is InChI=1S/C10H20N4/c1-4-13(3)5-6-14-8-12-7-10(14)9(2)11/h7-9H,4-6,11H2,1-3H3/t9-/m1/s1. The summed E-state index contributed by atoms with van der Waals surface area (Å²) in [5, 5.41) is 0. The Morgan fingerprint density at radius 2 is 2.36 bits per heavy atom. The SMILES string of the molecule is CCN(C)CCn1cncc1[C@@H](C)N. The van der Waals surface area contributed by atoms with Crippen LogP contribution in [-0.2, 0) is 6.54 Å². The molecule has 0 aliphatic rings. The van der Waals surface area contributed by atoms with E-state index in [2.05, 4.69) is 28.4 Å². The Morgan fingerprint density at radius 3 is 2.93 bits per heavy atom. The maximum absolute atomic E-state index is 5.82. The van der Waals surface area contributed by atoms with E-state index in [0.717, 1.165) is 25.3 Å². The molecule has 4 heteroatoms. The lowest BCUT2D eigenvalue weighted by molar-refractivity contribution is 0.332. The summed E-state index contributed by atoms with van der Waals surface area (Å²) in [4.78, 5) is 6.38. The number of aromatic nitrogens is 2. The van der Waals surface area contributed by atoms with Crippen LogP contribution in [0.3, 0.4) is 0 Å². The monoisotopic (exact) mass is 196 g/mol. The van der Waals surface area contributed by atoms with Crippen molar-refractivity contribution in [2.75, 3.05) is 20.1 Å². The predicted molar refractivity (Wildman–Crippen MR) is 58.0 cm³/mol. The van der Waals surface area contributed by atoms with Crippen molar-refractivity contribution in [3.05, 3.63) is 18.2 Å². The third kappa shape index (κ3) is 2.82. The Labute approximate surface area is 85.7 Å². The summed E-state index contributed by atoms with van der Waals surface area (Å²) in [5.74, 6) is 0. The van der Waals surface area contributed by atoms with E-state index in [0.29, 0.717) is 0 Å². The number of rotatable bonds is 5. The van der Waals surface area contributed by atoms with E-state index in [9.17, 15) is 0 Å². The second kappa shape index (κ2) is 5.12. The molecular weight excluding hydrogens is 176 g/mol. The van der Waals surface area contributed by atoms with Crippen LogP contribution in [-0.4, -0.2) is 34.6 Å². The summed E-state index contributed by atoms with van der Waals surface area (Å²) in [6.45, 7) is 7.20. The van der Waals surface area contributed by atoms with Gasteiger partial charge in [-0.2, -0.15) is 0 Å². The second-order valence-corrected chi connectivity index (χ2v) is 3.70. The van der Waals surface area contributed by atoms with Crippen LogP contribution in [0.25, 0.3) is 0 Å². The van der Waals surface area contributed by atoms with Gasteiger partial charge in [-0.15, -0.1) is 0 Å². The van der Waals surface area contributed by atoms with Gasteiger partial charge in [0, 0.05) is 25.3 Å². The largest absolute Gasteiger partial charge is 0.332 e. The second-order valence-electron chi connectivity index (χ2n) is 3.70. The minimum absolute atomic E-state index is 0.0597. The fourth-order valence-electron chi connectivity index (χ4n) is 1.33. The van der Waals surface area contributed by atoms with Crippen LogP contribution in [0, 0.1) is 0 Å². The zero-order chi connectivity index (χ0) is 10.6. The van der Waals surface area contributed by atoms with Crippen LogP contribution in [0.2, 0.25) is 0 Å². The Kier molecular flexibility index (Phi) is 4.10. The molecule has 1 rings (SSSR count). The Bertz CT molecular complexity index is 267. The van der Waals surface area contributed by atoms with Crippen LogP contribution >= 0.6 is 0 Å². The fourth-order valence-corrected chi connectivity index (χ4v) is 1.33. The number of hydrogen-bond donors (Lipinski definition) is 1. The summed E-state index contributed by atoms with van der Waals surface area (Å²) in [7, 11) is 2.11. The fraction of sp³-hybridized carbons (Fsp3) is 0.700. The predicted octanol–water partition coefficient (Wildman–Crippen LogP) is 0.854. The average Bonchev–Trinajstić information content (AvgIpc) is 2.62. The van der Waals surface area contributed by atoms with Gasteiger partial charge in [0.25, 0.3) is 0 Å². The smallest absolute Gasteiger partial charge is 0.0949 e. The molecule has 80 valence electrons. The van der Waals surface area contributed by atoms with Crippen molar-refractivity contribution in [3.63, 3.8) is 0 Å². The van der Waals surface area contributed by atoms with E-state index in [1.807, 2.05) is 19.4 Å². The van der Waals surface area contributed by atoms with E-state index in [1.165, 1.54) is 0 Å². The quantitative estimate of drug-likeness (QED) is 0.759. The maximum atomic E-state index is 5.82. The van der Waals surface area contributed by atoms with Gasteiger partial charge < -0.3 is 15.2 Å². The summed E-state index contributed by atoms with van der Waals surface area (Å²) in [6, 6.07) is 0.0597. The van der Waals surface area contributed by atoms with Gasteiger partial charge in [-0.1, -0.05) is 6.92 Å². The molecule has 0 amide bonds. The number of nitrogens with zero attached hydrogens (tertiary/aromatic N) is 3. The molecule has 1 heterocycles. The topological polar surface area (TPSA) is 47.1 Å². The van der Waals surface area contributed by atoms with Gasteiger partial charge in [-0.05, 0) is 20.5 Å². The molecule has 0 aliphatic carbocycles. The first-order chi connectivity index (χ1) is 6.65. The molecule has 14 heavy (non-hydrogen) atoms. The minimum Gasteiger partial charge on any atom is -0.332 e. The molecule has 1 aromatic rings. The molecule has 0 fully saturated rings. The molecule has 0 bridgehead atoms. The lowest BCUT2D eigenvalue weighted by Gasteiger charge is -2.16. The number of nitrogens with two attached hydrogens (primary N) is 1. The lowest BCUT2D eigenvalue weighted by Crippen LogP contribution is -2.24. The van der Waals surface area contributed by atoms with Crippen LogP contribution in [0.15, 0.2) is 12.5 Å². The van der Waals surface area contributed by atoms with Gasteiger partial charge >= 0.3 is 0 Å². The van der Waals surface area contributed by atoms with E-state index in [4.69, 9.17) is 5.73 Å². The van der Waals surface area contributed by atoms with Crippen LogP contribution in [0.4, 0.5) is 0 Å². The van der Waals surface area contributed by atoms with E-state index in [1.54, 1.807) is 0 Å². The van der Waals surface area contributed by atoms with E-state index >= 15 is 0 Å². The van der Waals surface area contributed by atoms with Gasteiger partial charge in [0.15, 0.2) is 0 Å². The molecule has 2 N–H and O–H groups in total. The summed E-state index contributed by atoms with van der Waals surface area (Å²) in [5.41, 5.74) is 6.93. The number of hydrogen-bond acceptors (Lipinski definition) is 3. The normalized spacial score (nSPS) is 13.5. The van der Waals surface area contributed by atoms with Crippen molar-refractivity contribution in [1.82, 2.24) is 14.5 Å². The molecule has 0 saturated carbocycles.